The summed E-state index contributed by atoms with van der Waals surface area (Å²) in [5.74, 6) is -1.35. The zero-order valence-corrected chi connectivity index (χ0v) is 27.0. The molecule has 0 aliphatic rings. The Balaban J connectivity index is 1.52. The van der Waals surface area contributed by atoms with Crippen LogP contribution < -0.4 is 26.8 Å². The Morgan fingerprint density at radius 1 is 0.723 bits per heavy atom. The summed E-state index contributed by atoms with van der Waals surface area (Å²) in [5, 5.41) is 13.3. The van der Waals surface area contributed by atoms with Crippen molar-refractivity contribution in [2.75, 3.05) is 0 Å². The zero-order chi connectivity index (χ0) is 33.6. The lowest BCUT2D eigenvalue weighted by molar-refractivity contribution is -0.130. The monoisotopic (exact) mass is 654 g/mol. The van der Waals surface area contributed by atoms with E-state index in [0.717, 1.165) is 22.3 Å². The number of hydrogen-bond acceptors (Lipinski definition) is 6. The van der Waals surface area contributed by atoms with Gasteiger partial charge in [-0.2, -0.15) is 0 Å². The average molecular weight is 655 g/mol. The average Bonchev–Trinajstić information content (AvgIpc) is 3.07. The van der Waals surface area contributed by atoms with Gasteiger partial charge in [0.1, 0.15) is 17.9 Å². The number of carbonyl (C=O) groups is 2. The third kappa shape index (κ3) is 11.5. The smallest absolute Gasteiger partial charge is 0.243 e. The van der Waals surface area contributed by atoms with Crippen LogP contribution in [0, 0.1) is 5.41 Å². The zero-order valence-electron chi connectivity index (χ0n) is 26.2. The van der Waals surface area contributed by atoms with Gasteiger partial charge in [-0.1, -0.05) is 109 Å². The Hall–Kier alpha value is -4.84. The Labute approximate surface area is 276 Å². The number of hydrogen-bond donors (Lipinski definition) is 6. The second-order valence-corrected chi connectivity index (χ2v) is 13.2. The summed E-state index contributed by atoms with van der Waals surface area (Å²) in [7, 11) is -3.90. The van der Waals surface area contributed by atoms with E-state index in [-0.39, 0.29) is 31.0 Å². The number of amidine groups is 1. The molecule has 4 rings (SSSR count). The van der Waals surface area contributed by atoms with Crippen molar-refractivity contribution in [3.05, 3.63) is 143 Å². The first-order valence-corrected chi connectivity index (χ1v) is 17.1. The largest absolute Gasteiger partial charge is 0.384 e. The fourth-order valence-electron chi connectivity index (χ4n) is 5.17. The molecule has 10 nitrogen and oxygen atoms in total. The number of amides is 2. The number of sulfonamides is 1. The lowest BCUT2D eigenvalue weighted by Crippen LogP contribution is -2.54. The fraction of sp³-hybridized carbons (Fsp3) is 0.250. The number of nitrogen functional groups attached to an aromatic ring is 1. The van der Waals surface area contributed by atoms with Crippen molar-refractivity contribution in [1.82, 2.24) is 15.4 Å². The van der Waals surface area contributed by atoms with E-state index in [1.807, 2.05) is 54.6 Å². The van der Waals surface area contributed by atoms with Gasteiger partial charge in [-0.15, -0.1) is 0 Å². The number of carbonyl (C=O) groups excluding carboxylic acids is 2. The van der Waals surface area contributed by atoms with Gasteiger partial charge in [0.2, 0.25) is 21.8 Å². The van der Waals surface area contributed by atoms with Gasteiger partial charge in [-0.3, -0.25) is 15.0 Å². The number of rotatable bonds is 17. The Morgan fingerprint density at radius 3 is 1.98 bits per heavy atom. The van der Waals surface area contributed by atoms with Crippen molar-refractivity contribution >= 4 is 27.7 Å². The molecule has 0 bridgehead atoms. The van der Waals surface area contributed by atoms with Gasteiger partial charge >= 0.3 is 0 Å². The van der Waals surface area contributed by atoms with Crippen molar-refractivity contribution in [2.45, 2.75) is 56.6 Å². The first-order valence-electron chi connectivity index (χ1n) is 15.5. The maximum Gasteiger partial charge on any atom is 0.243 e. The van der Waals surface area contributed by atoms with Crippen LogP contribution >= 0.6 is 0 Å². The third-order valence-electron chi connectivity index (χ3n) is 7.67. The molecular formula is C36H42N6O4S. The second kappa shape index (κ2) is 17.2. The van der Waals surface area contributed by atoms with Gasteiger partial charge in [-0.05, 0) is 47.1 Å². The van der Waals surface area contributed by atoms with E-state index in [4.69, 9.17) is 16.9 Å². The summed E-state index contributed by atoms with van der Waals surface area (Å²) in [5.41, 5.74) is 16.1. The number of aryl methyl sites for hydroxylation is 1. The second-order valence-electron chi connectivity index (χ2n) is 11.4. The first kappa shape index (κ1) is 35.0. The van der Waals surface area contributed by atoms with Gasteiger partial charge < -0.3 is 22.1 Å². The molecule has 0 unspecified atom stereocenters. The van der Waals surface area contributed by atoms with E-state index in [0.29, 0.717) is 30.5 Å². The SMILES string of the molecule is N=C(N)c1ccc(CNC(=O)[C@H](Cc2cccc(CN)c2)NC(=O)[C@@H](CCCc2ccccc2)NS(=O)(=O)Cc2ccccc2)cc1. The summed E-state index contributed by atoms with van der Waals surface area (Å²) in [6, 6.07) is 30.8. The highest BCUT2D eigenvalue weighted by molar-refractivity contribution is 7.88. The summed E-state index contributed by atoms with van der Waals surface area (Å²) >= 11 is 0. The van der Waals surface area contributed by atoms with Crippen LogP contribution in [0.4, 0.5) is 0 Å². The van der Waals surface area contributed by atoms with E-state index in [1.165, 1.54) is 0 Å². The minimum absolute atomic E-state index is 0.0548. The number of nitrogens with two attached hydrogens (primary N) is 2. The summed E-state index contributed by atoms with van der Waals surface area (Å²) < 4.78 is 29.1. The molecule has 2 atom stereocenters. The molecule has 0 fully saturated rings. The van der Waals surface area contributed by atoms with Crippen LogP contribution in [0.5, 0.6) is 0 Å². The predicted octanol–water partition coefficient (Wildman–Crippen LogP) is 3.28. The lowest BCUT2D eigenvalue weighted by atomic mass is 10.0. The third-order valence-corrected chi connectivity index (χ3v) is 9.03. The molecule has 0 saturated heterocycles. The molecular weight excluding hydrogens is 613 g/mol. The van der Waals surface area contributed by atoms with Crippen LogP contribution in [0.1, 0.15) is 46.2 Å². The molecule has 0 aliphatic heterocycles. The molecule has 11 heteroatoms. The highest BCUT2D eigenvalue weighted by Crippen LogP contribution is 2.13. The maximum absolute atomic E-state index is 13.8. The van der Waals surface area contributed by atoms with Gasteiger partial charge in [0.15, 0.2) is 0 Å². The topological polar surface area (TPSA) is 180 Å². The minimum atomic E-state index is -3.90. The molecule has 4 aromatic carbocycles. The molecule has 4 aromatic rings. The Morgan fingerprint density at radius 2 is 1.34 bits per heavy atom. The van der Waals surface area contributed by atoms with Crippen molar-refractivity contribution in [3.63, 3.8) is 0 Å². The van der Waals surface area contributed by atoms with Crippen molar-refractivity contribution in [3.8, 4) is 0 Å². The van der Waals surface area contributed by atoms with E-state index in [2.05, 4.69) is 15.4 Å². The first-order chi connectivity index (χ1) is 22.6. The fourth-order valence-corrected chi connectivity index (χ4v) is 6.54. The van der Waals surface area contributed by atoms with Gasteiger partial charge in [0.25, 0.3) is 0 Å². The van der Waals surface area contributed by atoms with E-state index in [9.17, 15) is 18.0 Å². The molecule has 2 amide bonds. The quantitative estimate of drug-likeness (QED) is 0.0751. The lowest BCUT2D eigenvalue weighted by Gasteiger charge is -2.24. The van der Waals surface area contributed by atoms with E-state index < -0.39 is 33.9 Å². The molecule has 0 spiro atoms. The van der Waals surface area contributed by atoms with Gasteiger partial charge in [0.05, 0.1) is 5.75 Å². The van der Waals surface area contributed by atoms with Crippen LogP contribution in [-0.2, 0) is 51.3 Å². The highest BCUT2D eigenvalue weighted by Gasteiger charge is 2.29. The van der Waals surface area contributed by atoms with Crippen LogP contribution in [0.25, 0.3) is 0 Å². The number of nitrogens with one attached hydrogen (secondary N) is 4. The van der Waals surface area contributed by atoms with Crippen molar-refractivity contribution < 1.29 is 18.0 Å². The van der Waals surface area contributed by atoms with Crippen LogP contribution in [0.15, 0.2) is 109 Å². The van der Waals surface area contributed by atoms with Crippen LogP contribution in [-0.4, -0.2) is 38.2 Å². The molecule has 0 aromatic heterocycles. The maximum atomic E-state index is 13.8. The Bertz CT molecular complexity index is 1730. The predicted molar refractivity (Wildman–Crippen MR) is 185 cm³/mol. The number of benzene rings is 4. The van der Waals surface area contributed by atoms with Crippen LogP contribution in [0.3, 0.4) is 0 Å². The molecule has 0 heterocycles. The molecule has 0 aliphatic carbocycles. The molecule has 246 valence electrons. The highest BCUT2D eigenvalue weighted by atomic mass is 32.2. The summed E-state index contributed by atoms with van der Waals surface area (Å²) in [6.07, 6.45) is 1.60. The molecule has 0 saturated carbocycles. The molecule has 8 N–H and O–H groups in total. The van der Waals surface area contributed by atoms with E-state index >= 15 is 0 Å². The standard InChI is InChI=1S/C36H42N6O4S/c37-23-30-15-7-14-29(21-30)22-33(35(43)40-24-27-17-19-31(20-18-27)34(38)39)41-36(44)32(16-8-13-26-9-3-1-4-10-26)42-47(45,46)25-28-11-5-2-6-12-28/h1-7,9-12,14-15,17-21,32-33,42H,8,13,16,22-25,37H2,(H3,38,39)(H,40,43)(H,41,44)/t32-,33+/m1/s1. The van der Waals surface area contributed by atoms with Crippen LogP contribution in [0.2, 0.25) is 0 Å². The normalized spacial score (nSPS) is 12.5. The minimum Gasteiger partial charge on any atom is -0.384 e. The summed E-state index contributed by atoms with van der Waals surface area (Å²) in [4.78, 5) is 27.4. The molecule has 0 radical (unpaired) electrons. The summed E-state index contributed by atoms with van der Waals surface area (Å²) in [6.45, 7) is 0.496. The Kier molecular flexibility index (Phi) is 12.8. The van der Waals surface area contributed by atoms with E-state index in [1.54, 1.807) is 54.6 Å². The molecule has 47 heavy (non-hydrogen) atoms. The van der Waals surface area contributed by atoms with Gasteiger partial charge in [0, 0.05) is 25.1 Å². The van der Waals surface area contributed by atoms with Crippen molar-refractivity contribution in [2.24, 2.45) is 11.5 Å². The van der Waals surface area contributed by atoms with Crippen molar-refractivity contribution in [1.29, 1.82) is 5.41 Å². The van der Waals surface area contributed by atoms with Gasteiger partial charge in [-0.25, -0.2) is 13.1 Å².